The molecular weight excluding hydrogens is 409 g/mol. The number of sulfonamides is 1. The van der Waals surface area contributed by atoms with Gasteiger partial charge in [0.05, 0.1) is 10.5 Å². The Morgan fingerprint density at radius 1 is 1.07 bits per heavy atom. The van der Waals surface area contributed by atoms with Crippen molar-refractivity contribution in [2.24, 2.45) is 0 Å². The quantitative estimate of drug-likeness (QED) is 0.598. The third-order valence-corrected chi connectivity index (χ3v) is 6.90. The van der Waals surface area contributed by atoms with E-state index in [9.17, 15) is 13.2 Å². The molecule has 0 aliphatic rings. The molecule has 2 aromatic carbocycles. The highest BCUT2D eigenvalue weighted by Gasteiger charge is 2.25. The Kier molecular flexibility index (Phi) is 7.28. The summed E-state index contributed by atoms with van der Waals surface area (Å²) in [6.07, 6.45) is 0. The summed E-state index contributed by atoms with van der Waals surface area (Å²) < 4.78 is 32.2. The third-order valence-electron chi connectivity index (χ3n) is 4.12. The van der Waals surface area contributed by atoms with E-state index >= 15 is 0 Å². The second-order valence-electron chi connectivity index (χ2n) is 5.88. The first kappa shape index (κ1) is 21.7. The van der Waals surface area contributed by atoms with E-state index in [0.717, 1.165) is 0 Å². The predicted octanol–water partition coefficient (Wildman–Crippen LogP) is 4.69. The summed E-state index contributed by atoms with van der Waals surface area (Å²) in [6.45, 7) is 5.89. The normalized spacial score (nSPS) is 11.6. The molecule has 0 heterocycles. The summed E-state index contributed by atoms with van der Waals surface area (Å²) in [4.78, 5) is 12.5. The van der Waals surface area contributed by atoms with Gasteiger partial charge < -0.3 is 4.74 Å². The Morgan fingerprint density at radius 3 is 2.33 bits per heavy atom. The highest BCUT2D eigenvalue weighted by molar-refractivity contribution is 7.89. The van der Waals surface area contributed by atoms with E-state index < -0.39 is 16.0 Å². The smallest absolute Gasteiger partial charge is 0.338 e. The molecule has 8 heteroatoms. The van der Waals surface area contributed by atoms with Gasteiger partial charge in [0.25, 0.3) is 0 Å². The highest BCUT2D eigenvalue weighted by Crippen LogP contribution is 2.24. The maximum atomic E-state index is 12.8. The van der Waals surface area contributed by atoms with E-state index in [1.807, 2.05) is 0 Å². The lowest BCUT2D eigenvalue weighted by atomic mass is 10.1. The minimum atomic E-state index is -3.68. The van der Waals surface area contributed by atoms with E-state index in [2.05, 4.69) is 0 Å². The fourth-order valence-corrected chi connectivity index (χ4v) is 4.74. The molecule has 0 saturated heterocycles. The molecule has 0 fully saturated rings. The molecule has 0 saturated carbocycles. The van der Waals surface area contributed by atoms with Crippen molar-refractivity contribution in [1.82, 2.24) is 4.31 Å². The summed E-state index contributed by atoms with van der Waals surface area (Å²) >= 11 is 11.9. The molecule has 0 atom stereocenters. The van der Waals surface area contributed by atoms with E-state index in [4.69, 9.17) is 27.9 Å². The predicted molar refractivity (Wildman–Crippen MR) is 107 cm³/mol. The first-order valence-corrected chi connectivity index (χ1v) is 10.6. The molecular formula is C19H21Cl2NO4S. The SMILES string of the molecule is CCN(CC)S(=O)(=O)c1cc(C(=O)OCc2ccc(Cl)cc2Cl)ccc1C. The molecule has 0 radical (unpaired) electrons. The topological polar surface area (TPSA) is 63.7 Å². The van der Waals surface area contributed by atoms with Gasteiger partial charge in [-0.25, -0.2) is 13.2 Å². The van der Waals surface area contributed by atoms with Crippen molar-refractivity contribution in [3.63, 3.8) is 0 Å². The Labute approximate surface area is 169 Å². The van der Waals surface area contributed by atoms with Crippen molar-refractivity contribution >= 4 is 39.2 Å². The Balaban J connectivity index is 2.25. The van der Waals surface area contributed by atoms with Crippen molar-refractivity contribution in [2.45, 2.75) is 32.3 Å². The molecule has 0 N–H and O–H groups in total. The second kappa shape index (κ2) is 9.06. The summed E-state index contributed by atoms with van der Waals surface area (Å²) in [5.74, 6) is -0.628. The zero-order chi connectivity index (χ0) is 20.2. The van der Waals surface area contributed by atoms with Crippen LogP contribution < -0.4 is 0 Å². The lowest BCUT2D eigenvalue weighted by Gasteiger charge is -2.20. The largest absolute Gasteiger partial charge is 0.457 e. The summed E-state index contributed by atoms with van der Waals surface area (Å²) in [6, 6.07) is 9.38. The Bertz CT molecular complexity index is 941. The molecule has 0 aromatic heterocycles. The average molecular weight is 430 g/mol. The van der Waals surface area contributed by atoms with Gasteiger partial charge in [-0.1, -0.05) is 49.2 Å². The number of carbonyl (C=O) groups is 1. The zero-order valence-corrected chi connectivity index (χ0v) is 17.7. The van der Waals surface area contributed by atoms with Crippen LogP contribution in [0.1, 0.15) is 35.3 Å². The van der Waals surface area contributed by atoms with E-state index in [1.54, 1.807) is 51.1 Å². The lowest BCUT2D eigenvalue weighted by Crippen LogP contribution is -2.31. The van der Waals surface area contributed by atoms with Crippen LogP contribution in [-0.4, -0.2) is 31.8 Å². The van der Waals surface area contributed by atoms with Crippen LogP contribution in [0.4, 0.5) is 0 Å². The standard InChI is InChI=1S/C19H21Cl2NO4S/c1-4-22(5-2)27(24,25)18-10-14(7-6-13(18)3)19(23)26-12-15-8-9-16(20)11-17(15)21/h6-11H,4-5,12H2,1-3H3. The average Bonchev–Trinajstić information content (AvgIpc) is 2.61. The number of hydrogen-bond donors (Lipinski definition) is 0. The number of nitrogens with zero attached hydrogens (tertiary/aromatic N) is 1. The van der Waals surface area contributed by atoms with Crippen LogP contribution in [0.5, 0.6) is 0 Å². The van der Waals surface area contributed by atoms with Crippen LogP contribution in [0.15, 0.2) is 41.3 Å². The fourth-order valence-electron chi connectivity index (χ4n) is 2.57. The van der Waals surface area contributed by atoms with Crippen LogP contribution in [0.3, 0.4) is 0 Å². The van der Waals surface area contributed by atoms with Gasteiger partial charge in [0.15, 0.2) is 0 Å². The lowest BCUT2D eigenvalue weighted by molar-refractivity contribution is 0.0472. The summed E-state index contributed by atoms with van der Waals surface area (Å²) in [5.41, 5.74) is 1.34. The van der Waals surface area contributed by atoms with Gasteiger partial charge in [0.1, 0.15) is 6.61 Å². The van der Waals surface area contributed by atoms with E-state index in [1.165, 1.54) is 10.4 Å². The van der Waals surface area contributed by atoms with Crippen LogP contribution in [0, 0.1) is 6.92 Å². The third kappa shape index (κ3) is 5.02. The second-order valence-corrected chi connectivity index (χ2v) is 8.63. The minimum absolute atomic E-state index is 0.0408. The molecule has 0 aliphatic heterocycles. The maximum Gasteiger partial charge on any atom is 0.338 e. The number of rotatable bonds is 7. The van der Waals surface area contributed by atoms with Gasteiger partial charge in [-0.2, -0.15) is 4.31 Å². The maximum absolute atomic E-state index is 12.8. The number of aryl methyl sites for hydroxylation is 1. The van der Waals surface area contributed by atoms with Crippen molar-refractivity contribution < 1.29 is 17.9 Å². The molecule has 0 amide bonds. The van der Waals surface area contributed by atoms with Gasteiger partial charge in [0, 0.05) is 28.7 Å². The van der Waals surface area contributed by atoms with E-state index in [-0.39, 0.29) is 17.1 Å². The van der Waals surface area contributed by atoms with Crippen molar-refractivity contribution in [3.8, 4) is 0 Å². The van der Waals surface area contributed by atoms with Crippen molar-refractivity contribution in [3.05, 3.63) is 63.1 Å². The Morgan fingerprint density at radius 2 is 1.74 bits per heavy atom. The minimum Gasteiger partial charge on any atom is -0.457 e. The highest BCUT2D eigenvalue weighted by atomic mass is 35.5. The van der Waals surface area contributed by atoms with Crippen LogP contribution in [0.25, 0.3) is 0 Å². The fraction of sp³-hybridized carbons (Fsp3) is 0.316. The van der Waals surface area contributed by atoms with E-state index in [0.29, 0.717) is 34.3 Å². The summed E-state index contributed by atoms with van der Waals surface area (Å²) in [7, 11) is -3.68. The van der Waals surface area contributed by atoms with Gasteiger partial charge in [-0.15, -0.1) is 0 Å². The number of hydrogen-bond acceptors (Lipinski definition) is 4. The molecule has 2 rings (SSSR count). The molecule has 0 spiro atoms. The number of esters is 1. The van der Waals surface area contributed by atoms with Crippen LogP contribution in [-0.2, 0) is 21.4 Å². The van der Waals surface area contributed by atoms with Gasteiger partial charge in [-0.3, -0.25) is 0 Å². The molecule has 0 aliphatic carbocycles. The number of benzene rings is 2. The van der Waals surface area contributed by atoms with Crippen molar-refractivity contribution in [1.29, 1.82) is 0 Å². The molecule has 146 valence electrons. The van der Waals surface area contributed by atoms with Crippen LogP contribution in [0.2, 0.25) is 10.0 Å². The molecule has 5 nitrogen and oxygen atoms in total. The molecule has 0 bridgehead atoms. The van der Waals surface area contributed by atoms with Gasteiger partial charge in [0.2, 0.25) is 10.0 Å². The van der Waals surface area contributed by atoms with Crippen LogP contribution >= 0.6 is 23.2 Å². The Hall–Kier alpha value is -1.60. The molecule has 27 heavy (non-hydrogen) atoms. The number of carbonyl (C=O) groups excluding carboxylic acids is 1. The number of ether oxygens (including phenoxy) is 1. The first-order valence-electron chi connectivity index (χ1n) is 8.42. The zero-order valence-electron chi connectivity index (χ0n) is 15.3. The van der Waals surface area contributed by atoms with Gasteiger partial charge >= 0.3 is 5.97 Å². The first-order chi connectivity index (χ1) is 12.7. The van der Waals surface area contributed by atoms with Gasteiger partial charge in [-0.05, 0) is 36.8 Å². The molecule has 2 aromatic rings. The summed E-state index contributed by atoms with van der Waals surface area (Å²) in [5, 5.41) is 0.879. The number of halogens is 2. The monoisotopic (exact) mass is 429 g/mol. The van der Waals surface area contributed by atoms with Crippen molar-refractivity contribution in [2.75, 3.05) is 13.1 Å². The molecule has 0 unspecified atom stereocenters.